The predicted octanol–water partition coefficient (Wildman–Crippen LogP) is 0.490. The highest BCUT2D eigenvalue weighted by Gasteiger charge is 2.70. The maximum Gasteiger partial charge on any atom is 0.342 e. The van der Waals surface area contributed by atoms with Crippen molar-refractivity contribution < 1.29 is 23.9 Å². The minimum absolute atomic E-state index is 0.268. The number of hydrogen-bond acceptors (Lipinski definition) is 5. The number of rotatable bonds is 1. The maximum absolute atomic E-state index is 12.2. The van der Waals surface area contributed by atoms with Crippen molar-refractivity contribution in [3.8, 4) is 0 Å². The van der Waals surface area contributed by atoms with Crippen molar-refractivity contribution >= 4 is 17.7 Å². The van der Waals surface area contributed by atoms with Gasteiger partial charge in [-0.3, -0.25) is 14.5 Å². The monoisotopic (exact) mass is 269 g/mol. The number of ether oxygens (including phenoxy) is 2. The van der Waals surface area contributed by atoms with Crippen LogP contribution in [0.5, 0.6) is 0 Å². The molecular weight excluding hydrogens is 250 g/mol. The lowest BCUT2D eigenvalue weighted by Crippen LogP contribution is -2.60. The van der Waals surface area contributed by atoms with Crippen LogP contribution >= 0.6 is 0 Å². The number of methoxy groups -OCH3 is 1. The summed E-state index contributed by atoms with van der Waals surface area (Å²) in [6, 6.07) is 0. The zero-order valence-corrected chi connectivity index (χ0v) is 11.9. The lowest BCUT2D eigenvalue weighted by atomic mass is 9.88. The van der Waals surface area contributed by atoms with E-state index in [2.05, 4.69) is 0 Å². The number of hydrogen-bond donors (Lipinski definition) is 0. The Bertz CT molecular complexity index is 452. The van der Waals surface area contributed by atoms with Crippen molar-refractivity contribution in [3.63, 3.8) is 0 Å². The lowest BCUT2D eigenvalue weighted by Gasteiger charge is -2.35. The topological polar surface area (TPSA) is 72.9 Å². The van der Waals surface area contributed by atoms with Gasteiger partial charge in [0.05, 0.1) is 19.6 Å². The van der Waals surface area contributed by atoms with E-state index in [0.29, 0.717) is 0 Å². The molecule has 0 saturated carbocycles. The average molecular weight is 269 g/mol. The van der Waals surface area contributed by atoms with Crippen molar-refractivity contribution in [1.82, 2.24) is 4.90 Å². The lowest BCUT2D eigenvalue weighted by molar-refractivity contribution is -0.160. The van der Waals surface area contributed by atoms with Gasteiger partial charge in [0.25, 0.3) is 0 Å². The van der Waals surface area contributed by atoms with Crippen LogP contribution in [0.1, 0.15) is 34.1 Å². The largest absolute Gasteiger partial charge is 0.467 e. The number of Topliss-reactive ketones (excluding diaryl/α,β-unsaturated/α-hetero) is 1. The molecule has 0 aromatic heterocycles. The Balaban J connectivity index is 2.57. The van der Waals surface area contributed by atoms with E-state index in [4.69, 9.17) is 9.47 Å². The molecule has 0 N–H and O–H groups in total. The summed E-state index contributed by atoms with van der Waals surface area (Å²) in [5.41, 5.74) is -2.01. The van der Waals surface area contributed by atoms with E-state index in [-0.39, 0.29) is 12.3 Å². The molecular formula is C13H19NO5. The third kappa shape index (κ3) is 1.62. The second-order valence-electron chi connectivity index (χ2n) is 6.12. The molecule has 2 saturated heterocycles. The van der Waals surface area contributed by atoms with Gasteiger partial charge in [0.15, 0.2) is 5.78 Å². The van der Waals surface area contributed by atoms with Crippen molar-refractivity contribution in [2.75, 3.05) is 7.11 Å². The number of carbonyl (C=O) groups excluding carboxylic acids is 3. The predicted molar refractivity (Wildman–Crippen MR) is 65.0 cm³/mol. The highest BCUT2D eigenvalue weighted by Crippen LogP contribution is 2.46. The van der Waals surface area contributed by atoms with Gasteiger partial charge in [0, 0.05) is 5.41 Å². The van der Waals surface area contributed by atoms with Crippen LogP contribution in [0.2, 0.25) is 0 Å². The summed E-state index contributed by atoms with van der Waals surface area (Å²) < 4.78 is 10.5. The third-order valence-corrected chi connectivity index (χ3v) is 3.78. The van der Waals surface area contributed by atoms with Gasteiger partial charge in [-0.2, -0.15) is 0 Å². The zero-order chi connectivity index (χ0) is 14.6. The summed E-state index contributed by atoms with van der Waals surface area (Å²) in [5.74, 6) is -1.54. The van der Waals surface area contributed by atoms with Gasteiger partial charge in [0.1, 0.15) is 6.23 Å². The Hall–Kier alpha value is -1.43. The first-order valence-electron chi connectivity index (χ1n) is 6.26. The van der Waals surface area contributed by atoms with Gasteiger partial charge in [-0.15, -0.1) is 0 Å². The Morgan fingerprint density at radius 1 is 1.42 bits per heavy atom. The van der Waals surface area contributed by atoms with E-state index in [1.807, 2.05) is 20.8 Å². The molecule has 2 fully saturated rings. The minimum Gasteiger partial charge on any atom is -0.467 e. The number of esters is 1. The molecule has 2 aliphatic rings. The normalized spacial score (nSPS) is 34.7. The first kappa shape index (κ1) is 14.0. The molecule has 2 heterocycles. The van der Waals surface area contributed by atoms with Crippen LogP contribution < -0.4 is 0 Å². The molecule has 19 heavy (non-hydrogen) atoms. The number of amides is 1. The second-order valence-corrected chi connectivity index (χ2v) is 6.12. The summed E-state index contributed by atoms with van der Waals surface area (Å²) in [4.78, 5) is 37.8. The van der Waals surface area contributed by atoms with Crippen molar-refractivity contribution in [3.05, 3.63) is 0 Å². The van der Waals surface area contributed by atoms with Crippen molar-refractivity contribution in [1.29, 1.82) is 0 Å². The first-order valence-corrected chi connectivity index (χ1v) is 6.26. The van der Waals surface area contributed by atoms with Crippen LogP contribution in [0.25, 0.3) is 0 Å². The summed E-state index contributed by atoms with van der Waals surface area (Å²) >= 11 is 0. The molecule has 0 aliphatic carbocycles. The van der Waals surface area contributed by atoms with Gasteiger partial charge in [-0.1, -0.05) is 20.8 Å². The van der Waals surface area contributed by atoms with Crippen LogP contribution in [0.3, 0.4) is 0 Å². The molecule has 0 bridgehead atoms. The number of nitrogens with zero attached hydrogens (tertiary/aromatic N) is 1. The van der Waals surface area contributed by atoms with Crippen molar-refractivity contribution in [2.45, 2.75) is 52.0 Å². The van der Waals surface area contributed by atoms with Crippen LogP contribution in [0.15, 0.2) is 0 Å². The molecule has 6 heteroatoms. The van der Waals surface area contributed by atoms with E-state index in [0.717, 1.165) is 0 Å². The molecule has 0 aromatic rings. The zero-order valence-electron chi connectivity index (χ0n) is 11.9. The van der Waals surface area contributed by atoms with Crippen LogP contribution in [-0.4, -0.2) is 47.5 Å². The van der Waals surface area contributed by atoms with Gasteiger partial charge in [0.2, 0.25) is 11.4 Å². The van der Waals surface area contributed by atoms with Crippen LogP contribution in [0, 0.1) is 5.41 Å². The molecule has 3 atom stereocenters. The Morgan fingerprint density at radius 2 is 2.00 bits per heavy atom. The van der Waals surface area contributed by atoms with Gasteiger partial charge in [-0.25, -0.2) is 4.79 Å². The molecule has 0 spiro atoms. The highest BCUT2D eigenvalue weighted by molar-refractivity contribution is 6.22. The number of ketones is 1. The van der Waals surface area contributed by atoms with Gasteiger partial charge in [-0.05, 0) is 6.92 Å². The molecule has 0 radical (unpaired) electrons. The summed E-state index contributed by atoms with van der Waals surface area (Å²) in [6.45, 7) is 7.32. The van der Waals surface area contributed by atoms with E-state index in [9.17, 15) is 14.4 Å². The molecule has 2 rings (SSSR count). The standard InChI is InChI=1S/C13H19NO5/c1-7-13(11(17)18-5)8(15)6-9(16)14(13)10(19-7)12(2,3)4/h7,10H,6H2,1-5H3/t7-,10-,13-/m1/s1. The fourth-order valence-corrected chi connectivity index (χ4v) is 2.90. The average Bonchev–Trinajstić information content (AvgIpc) is 2.74. The Labute approximate surface area is 112 Å². The SMILES string of the molecule is COC(=O)[C@@]12C(=O)CC(=O)N1[C@@H](C(C)(C)C)O[C@@H]2C. The Kier molecular flexibility index (Phi) is 2.97. The molecule has 0 unspecified atom stereocenters. The fourth-order valence-electron chi connectivity index (χ4n) is 2.90. The molecule has 106 valence electrons. The third-order valence-electron chi connectivity index (χ3n) is 3.78. The van der Waals surface area contributed by atoms with Gasteiger partial charge >= 0.3 is 5.97 Å². The van der Waals surface area contributed by atoms with E-state index in [1.165, 1.54) is 12.0 Å². The summed E-state index contributed by atoms with van der Waals surface area (Å²) in [6.07, 6.45) is -1.58. The summed E-state index contributed by atoms with van der Waals surface area (Å²) in [5, 5.41) is 0. The summed E-state index contributed by atoms with van der Waals surface area (Å²) in [7, 11) is 1.21. The van der Waals surface area contributed by atoms with E-state index < -0.39 is 35.0 Å². The molecule has 6 nitrogen and oxygen atoms in total. The fraction of sp³-hybridized carbons (Fsp3) is 0.769. The quantitative estimate of drug-likeness (QED) is 0.511. The highest BCUT2D eigenvalue weighted by atomic mass is 16.6. The maximum atomic E-state index is 12.2. The van der Waals surface area contributed by atoms with E-state index >= 15 is 0 Å². The second kappa shape index (κ2) is 4.03. The number of carbonyl (C=O) groups is 3. The van der Waals surface area contributed by atoms with Gasteiger partial charge < -0.3 is 9.47 Å². The molecule has 1 amide bonds. The smallest absolute Gasteiger partial charge is 0.342 e. The Morgan fingerprint density at radius 3 is 2.47 bits per heavy atom. The van der Waals surface area contributed by atoms with Crippen LogP contribution in [0.4, 0.5) is 0 Å². The molecule has 2 aliphatic heterocycles. The number of fused-ring (bicyclic) bond motifs is 1. The minimum atomic E-state index is -1.61. The molecule has 0 aromatic carbocycles. The first-order chi connectivity index (χ1) is 8.67. The van der Waals surface area contributed by atoms with E-state index in [1.54, 1.807) is 6.92 Å². The van der Waals surface area contributed by atoms with Crippen LogP contribution in [-0.2, 0) is 23.9 Å². The van der Waals surface area contributed by atoms with Crippen molar-refractivity contribution in [2.24, 2.45) is 5.41 Å².